The second-order valence-electron chi connectivity index (χ2n) is 5.98. The predicted molar refractivity (Wildman–Crippen MR) is 74.8 cm³/mol. The van der Waals surface area contributed by atoms with Crippen LogP contribution in [0.3, 0.4) is 0 Å². The normalized spacial score (nSPS) is 28.3. The van der Waals surface area contributed by atoms with Crippen molar-refractivity contribution in [3.63, 3.8) is 0 Å². The summed E-state index contributed by atoms with van der Waals surface area (Å²) in [6.07, 6.45) is 1.57. The average Bonchev–Trinajstić information content (AvgIpc) is 2.95. The molecule has 3 aliphatic heterocycles. The maximum Gasteiger partial charge on any atom is 0.407 e. The Morgan fingerprint density at radius 1 is 1.19 bits per heavy atom. The number of nitrogens with zero attached hydrogens (tertiary/aromatic N) is 2. The zero-order valence-electron chi connectivity index (χ0n) is 12.3. The Labute approximate surface area is 124 Å². The van der Waals surface area contributed by atoms with Crippen LogP contribution in [-0.2, 0) is 14.3 Å². The first kappa shape index (κ1) is 14.6. The summed E-state index contributed by atoms with van der Waals surface area (Å²) in [7, 11) is 0. The van der Waals surface area contributed by atoms with Crippen LogP contribution in [0, 0.1) is 5.92 Å². The number of nitrogens with one attached hydrogen (secondary N) is 1. The first-order chi connectivity index (χ1) is 10.2. The number of carbonyl (C=O) groups excluding carboxylic acids is 2. The smallest absolute Gasteiger partial charge is 0.407 e. The fourth-order valence-electron chi connectivity index (χ4n) is 3.22. The minimum Gasteiger partial charge on any atom is -0.447 e. The minimum atomic E-state index is -0.492. The van der Waals surface area contributed by atoms with E-state index in [0.29, 0.717) is 5.92 Å². The molecule has 7 nitrogen and oxygen atoms in total. The maximum atomic E-state index is 12.2. The highest BCUT2D eigenvalue weighted by atomic mass is 16.6. The van der Waals surface area contributed by atoms with Crippen LogP contribution >= 0.6 is 0 Å². The van der Waals surface area contributed by atoms with Gasteiger partial charge in [-0.3, -0.25) is 9.69 Å². The number of hydrogen-bond acceptors (Lipinski definition) is 5. The van der Waals surface area contributed by atoms with Gasteiger partial charge in [-0.2, -0.15) is 0 Å². The van der Waals surface area contributed by atoms with Crippen LogP contribution in [-0.4, -0.2) is 80.4 Å². The molecule has 3 heterocycles. The molecule has 0 saturated carbocycles. The number of hydrogen-bond donors (Lipinski definition) is 1. The van der Waals surface area contributed by atoms with Gasteiger partial charge in [0, 0.05) is 32.7 Å². The van der Waals surface area contributed by atoms with Gasteiger partial charge in [0.15, 0.2) is 0 Å². The van der Waals surface area contributed by atoms with Crippen LogP contribution in [0.15, 0.2) is 0 Å². The number of rotatable bonds is 3. The van der Waals surface area contributed by atoms with Gasteiger partial charge in [-0.1, -0.05) is 0 Å². The molecule has 1 unspecified atom stereocenters. The van der Waals surface area contributed by atoms with Crippen LogP contribution in [0.25, 0.3) is 0 Å². The van der Waals surface area contributed by atoms with Crippen molar-refractivity contribution in [3.8, 4) is 0 Å². The van der Waals surface area contributed by atoms with E-state index in [1.54, 1.807) is 0 Å². The van der Waals surface area contributed by atoms with E-state index >= 15 is 0 Å². The first-order valence-corrected chi connectivity index (χ1v) is 7.74. The molecule has 1 atom stereocenters. The van der Waals surface area contributed by atoms with Crippen molar-refractivity contribution in [1.82, 2.24) is 15.1 Å². The van der Waals surface area contributed by atoms with E-state index in [-0.39, 0.29) is 12.5 Å². The number of cyclic esters (lactones) is 1. The topological polar surface area (TPSA) is 71.1 Å². The number of amides is 2. The van der Waals surface area contributed by atoms with Crippen molar-refractivity contribution in [1.29, 1.82) is 0 Å². The SMILES string of the molecule is O=C1NC(C(=O)N2CCC(CN3CCOCC3)CC2)CO1. The number of carbonyl (C=O) groups is 2. The number of likely N-dealkylation sites (tertiary alicyclic amines) is 1. The van der Waals surface area contributed by atoms with Crippen molar-refractivity contribution < 1.29 is 19.1 Å². The lowest BCUT2D eigenvalue weighted by molar-refractivity contribution is -0.134. The molecule has 0 aromatic rings. The zero-order chi connectivity index (χ0) is 14.7. The Bertz CT molecular complexity index is 390. The van der Waals surface area contributed by atoms with Gasteiger partial charge < -0.3 is 19.7 Å². The Hall–Kier alpha value is -1.34. The summed E-state index contributed by atoms with van der Waals surface area (Å²) in [6, 6.07) is -0.492. The molecular weight excluding hydrogens is 274 g/mol. The molecule has 2 amide bonds. The summed E-state index contributed by atoms with van der Waals surface area (Å²) >= 11 is 0. The van der Waals surface area contributed by atoms with E-state index in [9.17, 15) is 9.59 Å². The molecule has 0 radical (unpaired) electrons. The van der Waals surface area contributed by atoms with Gasteiger partial charge in [-0.25, -0.2) is 4.79 Å². The van der Waals surface area contributed by atoms with Crippen LogP contribution in [0.2, 0.25) is 0 Å². The largest absolute Gasteiger partial charge is 0.447 e. The molecule has 0 aromatic heterocycles. The summed E-state index contributed by atoms with van der Waals surface area (Å²) in [4.78, 5) is 27.6. The van der Waals surface area contributed by atoms with Crippen molar-refractivity contribution in [2.45, 2.75) is 18.9 Å². The highest BCUT2D eigenvalue weighted by molar-refractivity contribution is 5.87. The minimum absolute atomic E-state index is 0.00864. The summed E-state index contributed by atoms with van der Waals surface area (Å²) in [6.45, 7) is 6.52. The molecule has 0 aromatic carbocycles. The molecule has 3 saturated heterocycles. The number of alkyl carbamates (subject to hydrolysis) is 1. The standard InChI is InChI=1S/C14H23N3O4/c18-13(12-10-21-14(19)15-12)17-3-1-11(2-4-17)9-16-5-7-20-8-6-16/h11-12H,1-10H2,(H,15,19). The van der Waals surface area contributed by atoms with Crippen molar-refractivity contribution in [3.05, 3.63) is 0 Å². The van der Waals surface area contributed by atoms with Crippen molar-refractivity contribution in [2.24, 2.45) is 5.92 Å². The van der Waals surface area contributed by atoms with E-state index in [4.69, 9.17) is 9.47 Å². The van der Waals surface area contributed by atoms with Crippen LogP contribution < -0.4 is 5.32 Å². The summed E-state index contributed by atoms with van der Waals surface area (Å²) < 4.78 is 10.1. The van der Waals surface area contributed by atoms with Gasteiger partial charge in [0.05, 0.1) is 13.2 Å². The predicted octanol–water partition coefficient (Wildman–Crippen LogP) is -0.334. The average molecular weight is 297 g/mol. The number of piperidine rings is 1. The summed E-state index contributed by atoms with van der Waals surface area (Å²) in [5, 5.41) is 2.55. The molecule has 3 fully saturated rings. The Morgan fingerprint density at radius 3 is 2.52 bits per heavy atom. The monoisotopic (exact) mass is 297 g/mol. The molecule has 3 rings (SSSR count). The van der Waals surface area contributed by atoms with Crippen molar-refractivity contribution in [2.75, 3.05) is 52.5 Å². The fraction of sp³-hybridized carbons (Fsp3) is 0.857. The molecular formula is C14H23N3O4. The molecule has 3 aliphatic rings. The van der Waals surface area contributed by atoms with Gasteiger partial charge in [-0.05, 0) is 18.8 Å². The van der Waals surface area contributed by atoms with Gasteiger partial charge in [-0.15, -0.1) is 0 Å². The Kier molecular flexibility index (Phi) is 4.60. The third kappa shape index (κ3) is 3.65. The number of morpholine rings is 1. The van der Waals surface area contributed by atoms with Crippen LogP contribution in [0.5, 0.6) is 0 Å². The summed E-state index contributed by atoms with van der Waals surface area (Å²) in [5.74, 6) is 0.646. The first-order valence-electron chi connectivity index (χ1n) is 7.74. The van der Waals surface area contributed by atoms with Crippen LogP contribution in [0.1, 0.15) is 12.8 Å². The lowest BCUT2D eigenvalue weighted by Gasteiger charge is -2.36. The van der Waals surface area contributed by atoms with Gasteiger partial charge in [0.2, 0.25) is 5.91 Å². The lowest BCUT2D eigenvalue weighted by Crippen LogP contribution is -2.49. The second kappa shape index (κ2) is 6.62. The summed E-state index contributed by atoms with van der Waals surface area (Å²) in [5.41, 5.74) is 0. The van der Waals surface area contributed by atoms with E-state index in [0.717, 1.165) is 58.8 Å². The Morgan fingerprint density at radius 2 is 1.90 bits per heavy atom. The fourth-order valence-corrected chi connectivity index (χ4v) is 3.22. The molecule has 0 bridgehead atoms. The quantitative estimate of drug-likeness (QED) is 0.772. The van der Waals surface area contributed by atoms with E-state index in [1.807, 2.05) is 4.90 Å². The van der Waals surface area contributed by atoms with Crippen molar-refractivity contribution >= 4 is 12.0 Å². The maximum absolute atomic E-state index is 12.2. The molecule has 118 valence electrons. The molecule has 1 N–H and O–H groups in total. The number of ether oxygens (including phenoxy) is 2. The van der Waals surface area contributed by atoms with Gasteiger partial charge in [0.1, 0.15) is 12.6 Å². The molecule has 0 aliphatic carbocycles. The van der Waals surface area contributed by atoms with E-state index in [1.165, 1.54) is 0 Å². The highest BCUT2D eigenvalue weighted by Crippen LogP contribution is 2.20. The molecule has 0 spiro atoms. The second-order valence-corrected chi connectivity index (χ2v) is 5.98. The van der Waals surface area contributed by atoms with Gasteiger partial charge >= 0.3 is 6.09 Å². The Balaban J connectivity index is 1.42. The third-order valence-corrected chi connectivity index (χ3v) is 4.52. The van der Waals surface area contributed by atoms with Crippen LogP contribution in [0.4, 0.5) is 4.79 Å². The van der Waals surface area contributed by atoms with E-state index < -0.39 is 12.1 Å². The molecule has 7 heteroatoms. The molecule has 21 heavy (non-hydrogen) atoms. The van der Waals surface area contributed by atoms with E-state index in [2.05, 4.69) is 10.2 Å². The lowest BCUT2D eigenvalue weighted by atomic mass is 9.95. The highest BCUT2D eigenvalue weighted by Gasteiger charge is 2.34. The zero-order valence-corrected chi connectivity index (χ0v) is 12.3. The van der Waals surface area contributed by atoms with Gasteiger partial charge in [0.25, 0.3) is 0 Å². The third-order valence-electron chi connectivity index (χ3n) is 4.52.